The molecule has 0 aliphatic rings. The van der Waals surface area contributed by atoms with Crippen LogP contribution < -0.4 is 9.47 Å². The van der Waals surface area contributed by atoms with Crippen LogP contribution in [0, 0.1) is 0 Å². The van der Waals surface area contributed by atoms with Crippen molar-refractivity contribution in [1.29, 1.82) is 0 Å². The Morgan fingerprint density at radius 3 is 2.40 bits per heavy atom. The average molecular weight is 281 g/mol. The van der Waals surface area contributed by atoms with Gasteiger partial charge in [0.25, 0.3) is 0 Å². The lowest BCUT2D eigenvalue weighted by Gasteiger charge is -2.17. The van der Waals surface area contributed by atoms with Crippen LogP contribution in [0.25, 0.3) is 0 Å². The third-order valence-electron chi connectivity index (χ3n) is 2.86. The number of hydrogen-bond donors (Lipinski definition) is 0. The molecule has 0 aliphatic heterocycles. The maximum atomic E-state index is 12.0. The van der Waals surface area contributed by atoms with Gasteiger partial charge in [0.2, 0.25) is 5.91 Å². The topological polar surface area (TPSA) is 65.1 Å². The van der Waals surface area contributed by atoms with E-state index < -0.39 is 5.97 Å². The minimum Gasteiger partial charge on any atom is -0.497 e. The first-order valence-electron chi connectivity index (χ1n) is 6.03. The number of ether oxygens (including phenoxy) is 3. The van der Waals surface area contributed by atoms with Crippen molar-refractivity contribution in [2.75, 3.05) is 34.9 Å². The number of nitrogens with zero attached hydrogens (tertiary/aromatic N) is 1. The van der Waals surface area contributed by atoms with Crippen molar-refractivity contribution in [2.24, 2.45) is 0 Å². The second kappa shape index (κ2) is 7.37. The van der Waals surface area contributed by atoms with Gasteiger partial charge in [-0.15, -0.1) is 0 Å². The minimum absolute atomic E-state index is 0.0756. The largest absolute Gasteiger partial charge is 0.497 e. The van der Waals surface area contributed by atoms with Crippen LogP contribution in [0.2, 0.25) is 0 Å². The van der Waals surface area contributed by atoms with E-state index in [-0.39, 0.29) is 18.9 Å². The van der Waals surface area contributed by atoms with Crippen LogP contribution in [-0.4, -0.2) is 51.7 Å². The first-order valence-corrected chi connectivity index (χ1v) is 6.03. The Labute approximate surface area is 118 Å². The minimum atomic E-state index is -0.456. The van der Waals surface area contributed by atoms with E-state index in [1.165, 1.54) is 19.1 Å². The molecule has 0 spiro atoms. The van der Waals surface area contributed by atoms with Gasteiger partial charge in [0.05, 0.1) is 27.8 Å². The Bertz CT molecular complexity index is 486. The molecule has 0 saturated heterocycles. The predicted molar refractivity (Wildman–Crippen MR) is 72.9 cm³/mol. The number of amides is 1. The van der Waals surface area contributed by atoms with Crippen molar-refractivity contribution in [3.05, 3.63) is 23.8 Å². The van der Waals surface area contributed by atoms with E-state index in [4.69, 9.17) is 9.47 Å². The normalized spacial score (nSPS) is 9.80. The summed E-state index contributed by atoms with van der Waals surface area (Å²) in [5.74, 6) is 0.576. The van der Waals surface area contributed by atoms with Gasteiger partial charge >= 0.3 is 5.97 Å². The molecular weight excluding hydrogens is 262 g/mol. The highest BCUT2D eigenvalue weighted by atomic mass is 16.5. The zero-order chi connectivity index (χ0) is 15.1. The Kier molecular flexibility index (Phi) is 5.83. The Balaban J connectivity index is 2.77. The van der Waals surface area contributed by atoms with Crippen LogP contribution in [0.15, 0.2) is 18.2 Å². The SMILES string of the molecule is COC(=O)CN(C)C(=O)Cc1ccc(OC)cc1OC. The van der Waals surface area contributed by atoms with Gasteiger partial charge < -0.3 is 19.1 Å². The summed E-state index contributed by atoms with van der Waals surface area (Å²) in [6, 6.07) is 5.23. The van der Waals surface area contributed by atoms with Crippen LogP contribution in [0.1, 0.15) is 5.56 Å². The van der Waals surface area contributed by atoms with E-state index >= 15 is 0 Å². The summed E-state index contributed by atoms with van der Waals surface area (Å²) >= 11 is 0. The third kappa shape index (κ3) is 4.15. The summed E-state index contributed by atoms with van der Waals surface area (Å²) in [6.45, 7) is -0.0756. The molecule has 1 aromatic carbocycles. The molecule has 6 heteroatoms. The first-order chi connectivity index (χ1) is 9.51. The molecule has 0 unspecified atom stereocenters. The van der Waals surface area contributed by atoms with Crippen molar-refractivity contribution in [1.82, 2.24) is 4.90 Å². The molecular formula is C14H19NO5. The van der Waals surface area contributed by atoms with E-state index in [2.05, 4.69) is 4.74 Å². The monoisotopic (exact) mass is 281 g/mol. The van der Waals surface area contributed by atoms with Crippen LogP contribution in [0.3, 0.4) is 0 Å². The van der Waals surface area contributed by atoms with Crippen molar-refractivity contribution >= 4 is 11.9 Å². The number of esters is 1. The summed E-state index contributed by atoms with van der Waals surface area (Å²) in [7, 11) is 5.92. The molecule has 110 valence electrons. The van der Waals surface area contributed by atoms with Gasteiger partial charge in [-0.25, -0.2) is 0 Å². The summed E-state index contributed by atoms with van der Waals surface area (Å²) < 4.78 is 14.8. The molecule has 0 N–H and O–H groups in total. The smallest absolute Gasteiger partial charge is 0.325 e. The molecule has 1 aromatic rings. The number of carbonyl (C=O) groups excluding carboxylic acids is 2. The molecule has 20 heavy (non-hydrogen) atoms. The molecule has 0 heterocycles. The maximum Gasteiger partial charge on any atom is 0.325 e. The lowest BCUT2D eigenvalue weighted by Crippen LogP contribution is -2.33. The molecule has 0 radical (unpaired) electrons. The highest BCUT2D eigenvalue weighted by molar-refractivity contribution is 5.83. The number of hydrogen-bond acceptors (Lipinski definition) is 5. The molecule has 0 aromatic heterocycles. The third-order valence-corrected chi connectivity index (χ3v) is 2.86. The lowest BCUT2D eigenvalue weighted by atomic mass is 10.1. The summed E-state index contributed by atoms with van der Waals surface area (Å²) in [5.41, 5.74) is 0.731. The van der Waals surface area contributed by atoms with Gasteiger partial charge in [-0.2, -0.15) is 0 Å². The fourth-order valence-electron chi connectivity index (χ4n) is 1.64. The van der Waals surface area contributed by atoms with Gasteiger partial charge in [-0.1, -0.05) is 6.07 Å². The van der Waals surface area contributed by atoms with E-state index in [1.807, 2.05) is 0 Å². The Hall–Kier alpha value is -2.24. The van der Waals surface area contributed by atoms with E-state index in [0.29, 0.717) is 11.5 Å². The van der Waals surface area contributed by atoms with Crippen LogP contribution in [-0.2, 0) is 20.7 Å². The number of carbonyl (C=O) groups is 2. The number of likely N-dealkylation sites (N-methyl/N-ethyl adjacent to an activating group) is 1. The zero-order valence-electron chi connectivity index (χ0n) is 12.1. The fourth-order valence-corrected chi connectivity index (χ4v) is 1.64. The molecule has 0 fully saturated rings. The second-order valence-corrected chi connectivity index (χ2v) is 4.18. The van der Waals surface area contributed by atoms with Crippen LogP contribution >= 0.6 is 0 Å². The summed E-state index contributed by atoms with van der Waals surface area (Å²) in [6.07, 6.45) is 0.140. The van der Waals surface area contributed by atoms with E-state index in [9.17, 15) is 9.59 Å². The van der Waals surface area contributed by atoms with Gasteiger partial charge in [0.15, 0.2) is 0 Å². The highest BCUT2D eigenvalue weighted by Gasteiger charge is 2.16. The Morgan fingerprint density at radius 1 is 1.15 bits per heavy atom. The molecule has 0 atom stereocenters. The van der Waals surface area contributed by atoms with Gasteiger partial charge in [0.1, 0.15) is 18.0 Å². The first kappa shape index (κ1) is 15.8. The summed E-state index contributed by atoms with van der Waals surface area (Å²) in [5, 5.41) is 0. The summed E-state index contributed by atoms with van der Waals surface area (Å²) in [4.78, 5) is 24.5. The highest BCUT2D eigenvalue weighted by Crippen LogP contribution is 2.25. The number of benzene rings is 1. The molecule has 1 amide bonds. The fraction of sp³-hybridized carbons (Fsp3) is 0.429. The van der Waals surface area contributed by atoms with Crippen LogP contribution in [0.4, 0.5) is 0 Å². The molecule has 0 aliphatic carbocycles. The second-order valence-electron chi connectivity index (χ2n) is 4.18. The quantitative estimate of drug-likeness (QED) is 0.724. The Morgan fingerprint density at radius 2 is 1.85 bits per heavy atom. The van der Waals surface area contributed by atoms with E-state index in [1.54, 1.807) is 32.4 Å². The molecule has 0 saturated carbocycles. The van der Waals surface area contributed by atoms with E-state index in [0.717, 1.165) is 5.56 Å². The van der Waals surface area contributed by atoms with Gasteiger partial charge in [0, 0.05) is 18.7 Å². The maximum absolute atomic E-state index is 12.0. The lowest BCUT2D eigenvalue weighted by molar-refractivity contribution is -0.145. The predicted octanol–water partition coefficient (Wildman–Crippen LogP) is 0.878. The molecule has 1 rings (SSSR count). The van der Waals surface area contributed by atoms with Crippen molar-refractivity contribution in [3.63, 3.8) is 0 Å². The van der Waals surface area contributed by atoms with Crippen molar-refractivity contribution < 1.29 is 23.8 Å². The van der Waals surface area contributed by atoms with Gasteiger partial charge in [-0.3, -0.25) is 9.59 Å². The van der Waals surface area contributed by atoms with Gasteiger partial charge in [-0.05, 0) is 6.07 Å². The zero-order valence-corrected chi connectivity index (χ0v) is 12.1. The standard InChI is InChI=1S/C14H19NO5/c1-15(9-14(17)20-4)13(16)7-10-5-6-11(18-2)8-12(10)19-3/h5-6,8H,7,9H2,1-4H3. The van der Waals surface area contributed by atoms with Crippen molar-refractivity contribution in [2.45, 2.75) is 6.42 Å². The van der Waals surface area contributed by atoms with Crippen molar-refractivity contribution in [3.8, 4) is 11.5 Å². The van der Waals surface area contributed by atoms with Crippen LogP contribution in [0.5, 0.6) is 11.5 Å². The molecule has 6 nitrogen and oxygen atoms in total. The molecule has 0 bridgehead atoms. The number of methoxy groups -OCH3 is 3. The average Bonchev–Trinajstić information content (AvgIpc) is 2.47. The number of rotatable bonds is 6.